The highest BCUT2D eigenvalue weighted by Gasteiger charge is 2.52. The minimum absolute atomic E-state index is 0.0139. The van der Waals surface area contributed by atoms with E-state index in [1.165, 1.54) is 24.3 Å². The van der Waals surface area contributed by atoms with Crippen molar-refractivity contribution < 1.29 is 38.4 Å². The monoisotopic (exact) mass is 586 g/mol. The number of aromatic nitrogens is 3. The summed E-state index contributed by atoms with van der Waals surface area (Å²) < 4.78 is 24.0. The van der Waals surface area contributed by atoms with Gasteiger partial charge in [0.15, 0.2) is 24.3 Å². The molecule has 4 aromatic rings. The lowest BCUT2D eigenvalue weighted by Gasteiger charge is -2.24. The third-order valence-electron chi connectivity index (χ3n) is 6.40. The second-order valence-electron chi connectivity index (χ2n) is 9.21. The molecular formula is C30H26N4O9. The van der Waals surface area contributed by atoms with Gasteiger partial charge < -0.3 is 29.4 Å². The molecule has 5 rings (SSSR count). The molecular weight excluding hydrogens is 560 g/mol. The molecule has 0 bridgehead atoms. The van der Waals surface area contributed by atoms with E-state index in [0.29, 0.717) is 0 Å². The SMILES string of the molecule is O=C(OC[C@H]1O[C@@H](n2ncc(NCO)nc2=O)[C@H](OC(=O)c2ccccc2)[C@@H]1OC(=O)c1ccccc1)c1ccccc1. The summed E-state index contributed by atoms with van der Waals surface area (Å²) in [6.45, 7) is -0.926. The van der Waals surface area contributed by atoms with Gasteiger partial charge in [-0.25, -0.2) is 19.2 Å². The van der Waals surface area contributed by atoms with Crippen LogP contribution in [0.4, 0.5) is 5.82 Å². The van der Waals surface area contributed by atoms with Gasteiger partial charge in [-0.3, -0.25) is 0 Å². The second kappa shape index (κ2) is 13.5. The quantitative estimate of drug-likeness (QED) is 0.158. The third-order valence-corrected chi connectivity index (χ3v) is 6.40. The Bertz CT molecular complexity index is 1620. The molecule has 1 saturated heterocycles. The number of nitrogens with one attached hydrogen (secondary N) is 1. The lowest BCUT2D eigenvalue weighted by molar-refractivity contribution is -0.0698. The summed E-state index contributed by atoms with van der Waals surface area (Å²) in [5.74, 6) is -2.24. The number of benzene rings is 3. The maximum atomic E-state index is 13.2. The average molecular weight is 587 g/mol. The van der Waals surface area contributed by atoms with Crippen molar-refractivity contribution in [2.45, 2.75) is 24.5 Å². The molecule has 1 aromatic heterocycles. The van der Waals surface area contributed by atoms with Gasteiger partial charge in [-0.1, -0.05) is 54.6 Å². The standard InChI is InChI=1S/C30H26N4O9/c35-18-31-23-16-32-34(30(39)33-23)26-25(43-29(38)21-14-8-3-9-15-21)24(42-28(37)20-12-6-2-7-13-20)22(41-26)17-40-27(36)19-10-4-1-5-11-19/h1-16,22,24-26,35H,17-18H2,(H,31,33,39)/t22-,24-,25-,26-/m1/s1. The number of esters is 3. The topological polar surface area (TPSA) is 168 Å². The van der Waals surface area contributed by atoms with Crippen LogP contribution in [0.15, 0.2) is 102 Å². The summed E-state index contributed by atoms with van der Waals surface area (Å²) in [5.41, 5.74) is -0.250. The van der Waals surface area contributed by atoms with Crippen molar-refractivity contribution in [3.8, 4) is 0 Å². The van der Waals surface area contributed by atoms with Crippen molar-refractivity contribution in [1.82, 2.24) is 14.8 Å². The maximum Gasteiger partial charge on any atom is 0.368 e. The fourth-order valence-electron chi connectivity index (χ4n) is 4.34. The largest absolute Gasteiger partial charge is 0.459 e. The van der Waals surface area contributed by atoms with E-state index in [9.17, 15) is 19.2 Å². The minimum atomic E-state index is -1.44. The molecule has 1 fully saturated rings. The number of anilines is 1. The Kier molecular flexibility index (Phi) is 9.14. The van der Waals surface area contributed by atoms with Gasteiger partial charge in [-0.05, 0) is 36.4 Å². The van der Waals surface area contributed by atoms with Crippen LogP contribution >= 0.6 is 0 Å². The van der Waals surface area contributed by atoms with Crippen LogP contribution in [0.1, 0.15) is 37.3 Å². The van der Waals surface area contributed by atoms with Crippen molar-refractivity contribution in [3.63, 3.8) is 0 Å². The molecule has 0 aliphatic carbocycles. The highest BCUT2D eigenvalue weighted by molar-refractivity contribution is 5.91. The first-order chi connectivity index (χ1) is 20.9. The van der Waals surface area contributed by atoms with E-state index in [1.807, 2.05) is 0 Å². The van der Waals surface area contributed by atoms with Crippen LogP contribution in [0.5, 0.6) is 0 Å². The predicted molar refractivity (Wildman–Crippen MR) is 149 cm³/mol. The molecule has 1 aliphatic heterocycles. The molecule has 1 aliphatic rings. The van der Waals surface area contributed by atoms with Gasteiger partial charge in [0.2, 0.25) is 0 Å². The van der Waals surface area contributed by atoms with Gasteiger partial charge >= 0.3 is 23.6 Å². The summed E-state index contributed by atoms with van der Waals surface area (Å²) in [7, 11) is 0. The van der Waals surface area contributed by atoms with Crippen molar-refractivity contribution >= 4 is 23.7 Å². The zero-order valence-electron chi connectivity index (χ0n) is 22.5. The first kappa shape index (κ1) is 29.1. The fraction of sp³-hybridized carbons (Fsp3) is 0.200. The highest BCUT2D eigenvalue weighted by atomic mass is 16.7. The summed E-state index contributed by atoms with van der Waals surface area (Å²) in [5, 5.41) is 15.6. The number of nitrogens with zero attached hydrogens (tertiary/aromatic N) is 3. The van der Waals surface area contributed by atoms with Crippen LogP contribution in [-0.4, -0.2) is 69.4 Å². The number of aliphatic hydroxyl groups is 1. The zero-order valence-corrected chi connectivity index (χ0v) is 22.5. The predicted octanol–water partition coefficient (Wildman–Crippen LogP) is 2.21. The Labute approximate surface area is 244 Å². The Balaban J connectivity index is 1.50. The highest BCUT2D eigenvalue weighted by Crippen LogP contribution is 2.34. The molecule has 220 valence electrons. The molecule has 2 N–H and O–H groups in total. The van der Waals surface area contributed by atoms with E-state index >= 15 is 0 Å². The van der Waals surface area contributed by atoms with Crippen LogP contribution in [-0.2, 0) is 18.9 Å². The Morgan fingerprint density at radius 1 is 0.791 bits per heavy atom. The smallest absolute Gasteiger partial charge is 0.368 e. The maximum absolute atomic E-state index is 13.2. The van der Waals surface area contributed by atoms with Crippen LogP contribution in [0.2, 0.25) is 0 Å². The lowest BCUT2D eigenvalue weighted by atomic mass is 10.1. The number of carbonyl (C=O) groups is 3. The van der Waals surface area contributed by atoms with E-state index in [0.717, 1.165) is 10.9 Å². The van der Waals surface area contributed by atoms with Crippen LogP contribution in [0.3, 0.4) is 0 Å². The van der Waals surface area contributed by atoms with Crippen LogP contribution in [0, 0.1) is 0 Å². The van der Waals surface area contributed by atoms with Crippen molar-refractivity contribution in [3.05, 3.63) is 124 Å². The number of hydrogen-bond donors (Lipinski definition) is 2. The van der Waals surface area contributed by atoms with Gasteiger partial charge in [0.25, 0.3) is 0 Å². The van der Waals surface area contributed by atoms with Crippen molar-refractivity contribution in [1.29, 1.82) is 0 Å². The van der Waals surface area contributed by atoms with Crippen molar-refractivity contribution in [2.75, 3.05) is 18.7 Å². The number of ether oxygens (including phenoxy) is 4. The first-order valence-corrected chi connectivity index (χ1v) is 13.1. The molecule has 3 aromatic carbocycles. The summed E-state index contributed by atoms with van der Waals surface area (Å²) in [4.78, 5) is 55.9. The number of rotatable bonds is 10. The van der Waals surface area contributed by atoms with Gasteiger partial charge in [0.05, 0.1) is 22.9 Å². The summed E-state index contributed by atoms with van der Waals surface area (Å²) >= 11 is 0. The van der Waals surface area contributed by atoms with E-state index in [4.69, 9.17) is 24.1 Å². The van der Waals surface area contributed by atoms with E-state index in [2.05, 4.69) is 15.4 Å². The Morgan fingerprint density at radius 2 is 1.30 bits per heavy atom. The zero-order chi connectivity index (χ0) is 30.2. The minimum Gasteiger partial charge on any atom is -0.459 e. The van der Waals surface area contributed by atoms with Gasteiger partial charge in [0.1, 0.15) is 19.4 Å². The molecule has 2 heterocycles. The molecule has 0 radical (unpaired) electrons. The molecule has 4 atom stereocenters. The van der Waals surface area contributed by atoms with Gasteiger partial charge in [-0.15, -0.1) is 0 Å². The van der Waals surface area contributed by atoms with Gasteiger partial charge in [-0.2, -0.15) is 14.8 Å². The third kappa shape index (κ3) is 6.92. The average Bonchev–Trinajstić information content (AvgIpc) is 3.37. The Morgan fingerprint density at radius 3 is 1.81 bits per heavy atom. The molecule has 13 nitrogen and oxygen atoms in total. The Hall–Kier alpha value is -5.40. The molecule has 13 heteroatoms. The molecule has 0 unspecified atom stereocenters. The fourth-order valence-corrected chi connectivity index (χ4v) is 4.34. The van der Waals surface area contributed by atoms with Crippen molar-refractivity contribution in [2.24, 2.45) is 0 Å². The van der Waals surface area contributed by atoms with Crippen LogP contribution in [0.25, 0.3) is 0 Å². The number of aliphatic hydroxyl groups excluding tert-OH is 1. The molecule has 0 spiro atoms. The van der Waals surface area contributed by atoms with Gasteiger partial charge in [0, 0.05) is 0 Å². The molecule has 0 amide bonds. The summed E-state index contributed by atoms with van der Waals surface area (Å²) in [6, 6.07) is 24.4. The molecule has 43 heavy (non-hydrogen) atoms. The number of hydrogen-bond acceptors (Lipinski definition) is 12. The van der Waals surface area contributed by atoms with E-state index in [1.54, 1.807) is 66.7 Å². The lowest BCUT2D eigenvalue weighted by Crippen LogP contribution is -2.43. The van der Waals surface area contributed by atoms with E-state index in [-0.39, 0.29) is 22.5 Å². The molecule has 0 saturated carbocycles. The van der Waals surface area contributed by atoms with Crippen LogP contribution < -0.4 is 11.0 Å². The number of carbonyl (C=O) groups excluding carboxylic acids is 3. The second-order valence-corrected chi connectivity index (χ2v) is 9.21. The van der Waals surface area contributed by atoms with E-state index < -0.39 is 61.5 Å². The normalized spacial score (nSPS) is 19.3. The first-order valence-electron chi connectivity index (χ1n) is 13.1. The summed E-state index contributed by atoms with van der Waals surface area (Å²) in [6.07, 6.45) is -4.25.